The second-order valence-electron chi connectivity index (χ2n) is 8.75. The maximum absolute atomic E-state index is 13.3. The average Bonchev–Trinajstić information content (AvgIpc) is 3.32. The Balaban J connectivity index is 1.40. The third kappa shape index (κ3) is 4.19. The topological polar surface area (TPSA) is 115 Å². The van der Waals surface area contributed by atoms with Crippen LogP contribution in [0.15, 0.2) is 31.0 Å². The van der Waals surface area contributed by atoms with Crippen molar-refractivity contribution in [3.05, 3.63) is 53.5 Å². The molecule has 3 aromatic heterocycles. The van der Waals surface area contributed by atoms with Crippen molar-refractivity contribution in [1.82, 2.24) is 24.7 Å². The molecule has 2 amide bonds. The van der Waals surface area contributed by atoms with Crippen LogP contribution in [-0.4, -0.2) is 49.7 Å². The first-order valence-electron chi connectivity index (χ1n) is 11.1. The van der Waals surface area contributed by atoms with E-state index in [0.29, 0.717) is 29.1 Å². The van der Waals surface area contributed by atoms with Crippen molar-refractivity contribution in [3.63, 3.8) is 0 Å². The highest BCUT2D eigenvalue weighted by molar-refractivity contribution is 6.03. The minimum Gasteiger partial charge on any atom is -0.431 e. The summed E-state index contributed by atoms with van der Waals surface area (Å²) in [7, 11) is 0. The summed E-state index contributed by atoms with van der Waals surface area (Å²) in [5.74, 6) is -0.315. The zero-order chi connectivity index (χ0) is 24.9. The van der Waals surface area contributed by atoms with Gasteiger partial charge in [0.05, 0.1) is 23.6 Å². The van der Waals surface area contributed by atoms with Crippen LogP contribution in [0, 0.1) is 25.7 Å². The Morgan fingerprint density at radius 3 is 2.66 bits per heavy atom. The maximum atomic E-state index is 13.3. The van der Waals surface area contributed by atoms with Crippen molar-refractivity contribution >= 4 is 23.3 Å². The Labute approximate surface area is 199 Å². The number of hydrogen-bond donors (Lipinski definition) is 1. The summed E-state index contributed by atoms with van der Waals surface area (Å²) in [5.41, 5.74) is 2.15. The van der Waals surface area contributed by atoms with Gasteiger partial charge in [0, 0.05) is 48.4 Å². The minimum atomic E-state index is -3.07. The first-order valence-corrected chi connectivity index (χ1v) is 11.1. The average molecular weight is 483 g/mol. The van der Waals surface area contributed by atoms with Crippen LogP contribution in [-0.2, 0) is 4.79 Å². The summed E-state index contributed by atoms with van der Waals surface area (Å²) < 4.78 is 33.0. The standard InChI is InChI=1S/C23H23F2N7O3/c1-11-17(8-28-20(19(11)35-23(24)25)31-9-14-6-16(14)22(31)34)13(3)32-10-15(7-29-32)30-21(33)18-12(2)26-4-5-27-18/h4-5,7-8,10,13-14,16,23H,6,9H2,1-3H3,(H,30,33)/t13-,14+,16+/m0/s1. The number of carbonyl (C=O) groups is 2. The molecule has 1 aliphatic heterocycles. The van der Waals surface area contributed by atoms with Gasteiger partial charge in [0.25, 0.3) is 5.91 Å². The van der Waals surface area contributed by atoms with Crippen molar-refractivity contribution in [2.45, 2.75) is 39.8 Å². The van der Waals surface area contributed by atoms with Gasteiger partial charge in [-0.05, 0) is 33.1 Å². The normalized spacial score (nSPS) is 19.6. The lowest BCUT2D eigenvalue weighted by atomic mass is 10.0. The van der Waals surface area contributed by atoms with Gasteiger partial charge in [-0.2, -0.15) is 13.9 Å². The monoisotopic (exact) mass is 483 g/mol. The number of fused-ring (bicyclic) bond motifs is 1. The van der Waals surface area contributed by atoms with Crippen LogP contribution in [0.25, 0.3) is 0 Å². The summed E-state index contributed by atoms with van der Waals surface area (Å²) in [5, 5.41) is 7.03. The van der Waals surface area contributed by atoms with Gasteiger partial charge >= 0.3 is 6.61 Å². The smallest absolute Gasteiger partial charge is 0.387 e. The Bertz CT molecular complexity index is 1310. The minimum absolute atomic E-state index is 0.0431. The molecule has 0 bridgehead atoms. The lowest BCUT2D eigenvalue weighted by Gasteiger charge is -2.24. The van der Waals surface area contributed by atoms with Crippen LogP contribution >= 0.6 is 0 Å². The summed E-state index contributed by atoms with van der Waals surface area (Å²) in [4.78, 5) is 39.0. The fourth-order valence-electron chi connectivity index (χ4n) is 4.47. The van der Waals surface area contributed by atoms with Gasteiger partial charge in [0.2, 0.25) is 5.91 Å². The molecule has 35 heavy (non-hydrogen) atoms. The van der Waals surface area contributed by atoms with E-state index in [-0.39, 0.29) is 35.0 Å². The van der Waals surface area contributed by atoms with Gasteiger partial charge in [0.15, 0.2) is 11.6 Å². The molecule has 0 aromatic carbocycles. The predicted molar refractivity (Wildman–Crippen MR) is 120 cm³/mol. The third-order valence-electron chi connectivity index (χ3n) is 6.49. The van der Waals surface area contributed by atoms with Crippen molar-refractivity contribution in [2.75, 3.05) is 16.8 Å². The number of alkyl halides is 2. The zero-order valence-corrected chi connectivity index (χ0v) is 19.3. The Hall–Kier alpha value is -3.96. The van der Waals surface area contributed by atoms with E-state index < -0.39 is 18.6 Å². The van der Waals surface area contributed by atoms with E-state index in [1.807, 2.05) is 6.92 Å². The largest absolute Gasteiger partial charge is 0.431 e. The molecule has 1 aliphatic carbocycles. The van der Waals surface area contributed by atoms with Crippen LogP contribution in [0.1, 0.15) is 46.7 Å². The summed E-state index contributed by atoms with van der Waals surface area (Å²) in [6, 6.07) is -0.428. The van der Waals surface area contributed by atoms with Crippen molar-refractivity contribution in [1.29, 1.82) is 0 Å². The first kappa shape index (κ1) is 22.8. The van der Waals surface area contributed by atoms with Crippen LogP contribution in [0.3, 0.4) is 0 Å². The number of aromatic nitrogens is 5. The lowest BCUT2D eigenvalue weighted by Crippen LogP contribution is -2.30. The molecule has 1 saturated heterocycles. The van der Waals surface area contributed by atoms with Gasteiger partial charge in [-0.25, -0.2) is 9.97 Å². The molecule has 0 unspecified atom stereocenters. The van der Waals surface area contributed by atoms with E-state index in [9.17, 15) is 18.4 Å². The second kappa shape index (κ2) is 8.67. The van der Waals surface area contributed by atoms with E-state index in [0.717, 1.165) is 6.42 Å². The summed E-state index contributed by atoms with van der Waals surface area (Å²) >= 11 is 0. The van der Waals surface area contributed by atoms with E-state index in [2.05, 4.69) is 25.4 Å². The first-order chi connectivity index (χ1) is 16.7. The Morgan fingerprint density at radius 2 is 1.97 bits per heavy atom. The second-order valence-corrected chi connectivity index (χ2v) is 8.75. The highest BCUT2D eigenvalue weighted by Gasteiger charge is 2.53. The molecule has 3 aromatic rings. The molecule has 2 fully saturated rings. The van der Waals surface area contributed by atoms with Crippen LogP contribution in [0.4, 0.5) is 20.3 Å². The number of hydrogen-bond acceptors (Lipinski definition) is 7. The van der Waals surface area contributed by atoms with Gasteiger partial charge in [0.1, 0.15) is 5.69 Å². The van der Waals surface area contributed by atoms with Crippen molar-refractivity contribution < 1.29 is 23.1 Å². The van der Waals surface area contributed by atoms with Gasteiger partial charge in [-0.3, -0.25) is 24.2 Å². The molecule has 2 aliphatic rings. The molecular formula is C23H23F2N7O3. The van der Waals surface area contributed by atoms with Gasteiger partial charge in [-0.15, -0.1) is 0 Å². The molecule has 3 atom stereocenters. The number of carbonyl (C=O) groups excluding carboxylic acids is 2. The molecule has 1 saturated carbocycles. The number of anilines is 2. The highest BCUT2D eigenvalue weighted by Crippen LogP contribution is 2.49. The van der Waals surface area contributed by atoms with Gasteiger partial charge < -0.3 is 10.1 Å². The van der Waals surface area contributed by atoms with Crippen LogP contribution in [0.2, 0.25) is 0 Å². The number of aryl methyl sites for hydroxylation is 1. The molecule has 4 heterocycles. The molecule has 12 heteroatoms. The molecule has 5 rings (SSSR count). The maximum Gasteiger partial charge on any atom is 0.387 e. The number of halogens is 2. The van der Waals surface area contributed by atoms with E-state index >= 15 is 0 Å². The SMILES string of the molecule is Cc1nccnc1C(=O)Nc1cnn([C@@H](C)c2cnc(N3C[C@H]4C[C@H]4C3=O)c(OC(F)F)c2C)c1. The number of nitrogens with one attached hydrogen (secondary N) is 1. The summed E-state index contributed by atoms with van der Waals surface area (Å²) in [6.45, 7) is 2.54. The molecule has 10 nitrogen and oxygen atoms in total. The number of nitrogens with zero attached hydrogens (tertiary/aromatic N) is 6. The number of ether oxygens (including phenoxy) is 1. The fraction of sp³-hybridized carbons (Fsp3) is 0.391. The Morgan fingerprint density at radius 1 is 1.20 bits per heavy atom. The van der Waals surface area contributed by atoms with E-state index in [4.69, 9.17) is 4.74 Å². The van der Waals surface area contributed by atoms with E-state index in [1.165, 1.54) is 23.5 Å². The summed E-state index contributed by atoms with van der Waals surface area (Å²) in [6.07, 6.45) is 8.42. The van der Waals surface area contributed by atoms with Crippen LogP contribution < -0.4 is 15.0 Å². The molecule has 1 N–H and O–H groups in total. The quantitative estimate of drug-likeness (QED) is 0.549. The predicted octanol–water partition coefficient (Wildman–Crippen LogP) is 3.13. The fourth-order valence-corrected chi connectivity index (χ4v) is 4.47. The third-order valence-corrected chi connectivity index (χ3v) is 6.49. The number of piperidine rings is 1. The van der Waals surface area contributed by atoms with Crippen molar-refractivity contribution in [3.8, 4) is 5.75 Å². The molecule has 182 valence electrons. The number of pyridine rings is 1. The van der Waals surface area contributed by atoms with Crippen LogP contribution in [0.5, 0.6) is 5.75 Å². The highest BCUT2D eigenvalue weighted by atomic mass is 19.3. The molecule has 0 spiro atoms. The molecular weight excluding hydrogens is 460 g/mol. The molecule has 0 radical (unpaired) electrons. The zero-order valence-electron chi connectivity index (χ0n) is 19.3. The number of amides is 2. The Kier molecular flexibility index (Phi) is 5.65. The van der Waals surface area contributed by atoms with Crippen molar-refractivity contribution in [2.24, 2.45) is 11.8 Å². The lowest BCUT2D eigenvalue weighted by molar-refractivity contribution is -0.118. The number of rotatable bonds is 7. The van der Waals surface area contributed by atoms with E-state index in [1.54, 1.807) is 30.9 Å². The van der Waals surface area contributed by atoms with Gasteiger partial charge in [-0.1, -0.05) is 0 Å².